The molecule has 9 heterocycles. The summed E-state index contributed by atoms with van der Waals surface area (Å²) in [4.78, 5) is 10.3. The van der Waals surface area contributed by atoms with Gasteiger partial charge in [-0.25, -0.2) is 9.97 Å². The topological polar surface area (TPSA) is 126 Å². The summed E-state index contributed by atoms with van der Waals surface area (Å²) >= 11 is 0. The minimum Gasteiger partial charge on any atom is -0.326 e. The number of benzene rings is 6. The third kappa shape index (κ3) is 12.0. The maximum Gasteiger partial charge on any atom is 0.0709 e. The largest absolute Gasteiger partial charge is 0.326 e. The van der Waals surface area contributed by atoms with Gasteiger partial charge in [0.1, 0.15) is 0 Å². The number of hydrogen-bond donors (Lipinski definition) is 6. The summed E-state index contributed by atoms with van der Waals surface area (Å²) in [6.45, 7) is 21.0. The van der Waals surface area contributed by atoms with Crippen LogP contribution < -0.4 is 32.7 Å². The fourth-order valence-electron chi connectivity index (χ4n) is 12.1. The van der Waals surface area contributed by atoms with Crippen molar-refractivity contribution >= 4 is 0 Å². The van der Waals surface area contributed by atoms with Crippen LogP contribution in [0.15, 0.2) is 133 Å². The molecule has 0 unspecified atom stereocenters. The van der Waals surface area contributed by atoms with E-state index in [0.717, 1.165) is 136 Å². The molecule has 2 aromatic heterocycles. The summed E-state index contributed by atoms with van der Waals surface area (Å²) in [6, 6.07) is 48.2. The number of nitrogens with two attached hydrogens (primary N) is 2. The van der Waals surface area contributed by atoms with E-state index in [1.54, 1.807) is 0 Å². The number of hydrogen-bond acceptors (Lipinski definition) is 8. The third-order valence-corrected chi connectivity index (χ3v) is 15.9. The monoisotopic (exact) mass is 1010 g/mol. The molecule has 0 radical (unpaired) electrons. The standard InChI is InChI=1S/C68H80N8/c1-7-53-59(35-69)54(8-2)62-42-72-38-46-21-29-50(30-22-46)66-17-14-18-68(76-66)52-33-25-48(26-34-52)40-74-44-64-56(10-4)60(36-70)55(9-3)63(58(64)12-6)43-73-39-47-23-31-51(32-24-47)67-16-13-15-65(75-67)49-27-19-45(20-28-49)37-71-41-61(53)57(62)11-5/h13-34,71-74H,7-12,35-44,69-70H2,1-6H3. The predicted molar refractivity (Wildman–Crippen MR) is 317 cm³/mol. The Morgan fingerprint density at radius 2 is 0.513 bits per heavy atom. The van der Waals surface area contributed by atoms with Crippen LogP contribution >= 0.6 is 0 Å². The fraction of sp³-hybridized carbons (Fsp3) is 0.324. The van der Waals surface area contributed by atoms with Gasteiger partial charge in [0.2, 0.25) is 0 Å². The van der Waals surface area contributed by atoms with Crippen molar-refractivity contribution in [2.24, 2.45) is 11.5 Å². The highest BCUT2D eigenvalue weighted by Crippen LogP contribution is 2.33. The second-order valence-electron chi connectivity index (χ2n) is 20.3. The molecular formula is C68H80N8. The molecule has 7 aliphatic rings. The van der Waals surface area contributed by atoms with Crippen LogP contribution in [0.25, 0.3) is 45.0 Å². The molecule has 76 heavy (non-hydrogen) atoms. The van der Waals surface area contributed by atoms with Crippen molar-refractivity contribution in [3.8, 4) is 45.0 Å². The molecule has 6 aromatic carbocycles. The number of nitrogens with zero attached hydrogens (tertiary/aromatic N) is 2. The highest BCUT2D eigenvalue weighted by atomic mass is 14.9. The summed E-state index contributed by atoms with van der Waals surface area (Å²) in [5.41, 5.74) is 43.3. The maximum absolute atomic E-state index is 6.61. The van der Waals surface area contributed by atoms with Gasteiger partial charge < -0.3 is 32.7 Å². The van der Waals surface area contributed by atoms with E-state index in [4.69, 9.17) is 21.4 Å². The van der Waals surface area contributed by atoms with Crippen LogP contribution in [-0.4, -0.2) is 9.97 Å². The number of rotatable bonds is 8. The van der Waals surface area contributed by atoms with Gasteiger partial charge in [-0.1, -0.05) is 151 Å². The molecule has 16 bridgehead atoms. The van der Waals surface area contributed by atoms with E-state index < -0.39 is 0 Å². The molecule has 15 rings (SSSR count). The van der Waals surface area contributed by atoms with E-state index in [1.165, 1.54) is 89.0 Å². The molecule has 0 aliphatic carbocycles. The van der Waals surface area contributed by atoms with Gasteiger partial charge in [-0.2, -0.15) is 0 Å². The molecule has 0 amide bonds. The van der Waals surface area contributed by atoms with Crippen molar-refractivity contribution < 1.29 is 0 Å². The average molecular weight is 1010 g/mol. The first-order chi connectivity index (χ1) is 37.3. The zero-order valence-corrected chi connectivity index (χ0v) is 46.1. The highest BCUT2D eigenvalue weighted by Gasteiger charge is 2.23. The summed E-state index contributed by atoms with van der Waals surface area (Å²) < 4.78 is 0. The Morgan fingerprint density at radius 1 is 0.289 bits per heavy atom. The van der Waals surface area contributed by atoms with Crippen LogP contribution in [0, 0.1) is 0 Å². The Morgan fingerprint density at radius 3 is 0.711 bits per heavy atom. The molecule has 8 N–H and O–H groups in total. The average Bonchev–Trinajstić information content (AvgIpc) is 3.48. The van der Waals surface area contributed by atoms with E-state index in [9.17, 15) is 0 Å². The highest BCUT2D eigenvalue weighted by molar-refractivity contribution is 5.68. The van der Waals surface area contributed by atoms with Gasteiger partial charge in [0.05, 0.1) is 22.8 Å². The molecule has 392 valence electrons. The van der Waals surface area contributed by atoms with Gasteiger partial charge in [0, 0.05) is 87.7 Å². The number of aromatic nitrogens is 2. The Bertz CT molecular complexity index is 2800. The Labute approximate surface area is 453 Å². The lowest BCUT2D eigenvalue weighted by molar-refractivity contribution is 0.659. The van der Waals surface area contributed by atoms with E-state index >= 15 is 0 Å². The number of nitrogens with one attached hydrogen (secondary N) is 4. The van der Waals surface area contributed by atoms with Crippen LogP contribution in [0.1, 0.15) is 131 Å². The van der Waals surface area contributed by atoms with E-state index in [1.807, 2.05) is 0 Å². The molecule has 0 fully saturated rings. The quantitative estimate of drug-likeness (QED) is 0.0889. The second kappa shape index (κ2) is 25.9. The van der Waals surface area contributed by atoms with Crippen LogP contribution in [0.3, 0.4) is 0 Å². The van der Waals surface area contributed by atoms with Crippen molar-refractivity contribution in [2.45, 2.75) is 146 Å². The van der Waals surface area contributed by atoms with Gasteiger partial charge in [-0.15, -0.1) is 0 Å². The minimum atomic E-state index is 0.543. The van der Waals surface area contributed by atoms with Crippen LogP contribution in [0.2, 0.25) is 0 Å². The molecule has 0 saturated carbocycles. The van der Waals surface area contributed by atoms with E-state index in [0.29, 0.717) is 13.1 Å². The lowest BCUT2D eigenvalue weighted by atomic mass is 9.83. The van der Waals surface area contributed by atoms with Crippen molar-refractivity contribution in [1.29, 1.82) is 0 Å². The molecule has 0 atom stereocenters. The Hall–Kier alpha value is -6.62. The smallest absolute Gasteiger partial charge is 0.0709 e. The maximum atomic E-state index is 6.61. The van der Waals surface area contributed by atoms with Crippen LogP contribution in [-0.2, 0) is 104 Å². The van der Waals surface area contributed by atoms with E-state index in [-0.39, 0.29) is 0 Å². The molecule has 8 aromatic rings. The lowest BCUT2D eigenvalue weighted by Gasteiger charge is -2.26. The zero-order chi connectivity index (χ0) is 53.0. The summed E-state index contributed by atoms with van der Waals surface area (Å²) in [7, 11) is 0. The Balaban J connectivity index is 1.01. The zero-order valence-electron chi connectivity index (χ0n) is 46.1. The van der Waals surface area contributed by atoms with Gasteiger partial charge in [-0.3, -0.25) is 0 Å². The van der Waals surface area contributed by atoms with Crippen molar-refractivity contribution in [2.75, 3.05) is 0 Å². The van der Waals surface area contributed by atoms with Gasteiger partial charge in [-0.05, 0) is 152 Å². The van der Waals surface area contributed by atoms with Gasteiger partial charge in [0.25, 0.3) is 0 Å². The normalized spacial score (nSPS) is 13.6. The van der Waals surface area contributed by atoms with E-state index in [2.05, 4.69) is 196 Å². The van der Waals surface area contributed by atoms with Crippen molar-refractivity contribution in [3.05, 3.63) is 222 Å². The Kier molecular flexibility index (Phi) is 18.5. The van der Waals surface area contributed by atoms with Gasteiger partial charge >= 0.3 is 0 Å². The van der Waals surface area contributed by atoms with Crippen molar-refractivity contribution in [3.63, 3.8) is 0 Å². The fourth-order valence-corrected chi connectivity index (χ4v) is 12.1. The summed E-state index contributed by atoms with van der Waals surface area (Å²) in [5.74, 6) is 0. The molecule has 7 aliphatic heterocycles. The third-order valence-electron chi connectivity index (χ3n) is 15.9. The van der Waals surface area contributed by atoms with Crippen molar-refractivity contribution in [1.82, 2.24) is 31.2 Å². The summed E-state index contributed by atoms with van der Waals surface area (Å²) in [6.07, 6.45) is 5.76. The minimum absolute atomic E-state index is 0.543. The second-order valence-corrected chi connectivity index (χ2v) is 20.3. The first-order valence-electron chi connectivity index (χ1n) is 28.2. The number of pyridine rings is 2. The van der Waals surface area contributed by atoms with Gasteiger partial charge in [0.15, 0.2) is 0 Å². The molecule has 0 spiro atoms. The first kappa shape index (κ1) is 54.2. The molecule has 8 heteroatoms. The molecular weight excluding hydrogens is 929 g/mol. The molecule has 8 nitrogen and oxygen atoms in total. The van der Waals surface area contributed by atoms with Crippen LogP contribution in [0.5, 0.6) is 0 Å². The summed E-state index contributed by atoms with van der Waals surface area (Å²) in [5, 5.41) is 15.4. The predicted octanol–water partition coefficient (Wildman–Crippen LogP) is 12.9. The SMILES string of the molecule is CCc1c(CN)c(CC)c2c(CC)c1CNCc1ccc(cc1)-c1cccc(n1)-c1ccc(cc1)CNCc1c(CC)c(CN)c(CC)c(c1CC)CNCc1ccc(cc1)-c1cccc(n1)-c1ccc(cc1)CNC2. The molecule has 0 saturated heterocycles. The first-order valence-corrected chi connectivity index (χ1v) is 28.2. The van der Waals surface area contributed by atoms with Crippen LogP contribution in [0.4, 0.5) is 0 Å². The lowest BCUT2D eigenvalue weighted by Crippen LogP contribution is -2.23.